The van der Waals surface area contributed by atoms with Gasteiger partial charge in [-0.1, -0.05) is 12.1 Å². The predicted molar refractivity (Wildman–Crippen MR) is 97.9 cm³/mol. The molecule has 0 aliphatic carbocycles. The van der Waals surface area contributed by atoms with E-state index in [1.165, 1.54) is 0 Å². The molecule has 1 aliphatic heterocycles. The molecular weight excluding hydrogens is 330 g/mol. The van der Waals surface area contributed by atoms with Crippen molar-refractivity contribution in [2.24, 2.45) is 0 Å². The zero-order valence-corrected chi connectivity index (χ0v) is 15.4. The minimum Gasteiger partial charge on any atom is -0.380 e. The molecule has 138 valence electrons. The Morgan fingerprint density at radius 1 is 1.31 bits per heavy atom. The molecule has 1 aromatic carbocycles. The predicted octanol–water partition coefficient (Wildman–Crippen LogP) is 2.41. The normalized spacial score (nSPS) is 17.3. The van der Waals surface area contributed by atoms with Crippen LogP contribution >= 0.6 is 0 Å². The monoisotopic (exact) mass is 355 g/mol. The molecule has 0 radical (unpaired) electrons. The van der Waals surface area contributed by atoms with Crippen LogP contribution in [-0.4, -0.2) is 53.7 Å². The molecule has 0 N–H and O–H groups in total. The van der Waals surface area contributed by atoms with Crippen LogP contribution in [0, 0.1) is 6.92 Å². The highest BCUT2D eigenvalue weighted by molar-refractivity contribution is 5.94. The number of hydrogen-bond donors (Lipinski definition) is 0. The second-order valence-corrected chi connectivity index (χ2v) is 6.56. The van der Waals surface area contributed by atoms with E-state index in [4.69, 9.17) is 9.47 Å². The molecule has 2 heterocycles. The SMILES string of the molecule is COCc1ccc(C(=O)N2CCO[C@@H](CCc3cc(C)ncn3)C2)cc1. The van der Waals surface area contributed by atoms with Crippen molar-refractivity contribution < 1.29 is 14.3 Å². The first-order valence-corrected chi connectivity index (χ1v) is 8.92. The number of carbonyl (C=O) groups is 1. The fraction of sp³-hybridized carbons (Fsp3) is 0.450. The van der Waals surface area contributed by atoms with Crippen LogP contribution in [0.15, 0.2) is 36.7 Å². The molecule has 1 saturated heterocycles. The molecule has 26 heavy (non-hydrogen) atoms. The summed E-state index contributed by atoms with van der Waals surface area (Å²) >= 11 is 0. The summed E-state index contributed by atoms with van der Waals surface area (Å²) in [5.41, 5.74) is 3.74. The van der Waals surface area contributed by atoms with E-state index in [0.717, 1.165) is 29.8 Å². The Morgan fingerprint density at radius 2 is 2.12 bits per heavy atom. The van der Waals surface area contributed by atoms with Gasteiger partial charge in [-0.3, -0.25) is 4.79 Å². The van der Waals surface area contributed by atoms with E-state index in [1.807, 2.05) is 42.2 Å². The molecule has 1 aliphatic rings. The van der Waals surface area contributed by atoms with E-state index >= 15 is 0 Å². The van der Waals surface area contributed by atoms with E-state index < -0.39 is 0 Å². The highest BCUT2D eigenvalue weighted by Gasteiger charge is 2.25. The minimum absolute atomic E-state index is 0.0377. The summed E-state index contributed by atoms with van der Waals surface area (Å²) in [6.45, 7) is 4.32. The number of rotatable bonds is 6. The first-order valence-electron chi connectivity index (χ1n) is 8.92. The van der Waals surface area contributed by atoms with Gasteiger partial charge in [0, 0.05) is 37.2 Å². The van der Waals surface area contributed by atoms with Crippen LogP contribution in [-0.2, 0) is 22.5 Å². The molecule has 6 nitrogen and oxygen atoms in total. The van der Waals surface area contributed by atoms with E-state index in [1.54, 1.807) is 13.4 Å². The van der Waals surface area contributed by atoms with Crippen LogP contribution in [0.2, 0.25) is 0 Å². The van der Waals surface area contributed by atoms with Gasteiger partial charge in [-0.2, -0.15) is 0 Å². The third kappa shape index (κ3) is 4.86. The van der Waals surface area contributed by atoms with Crippen LogP contribution in [0.4, 0.5) is 0 Å². The number of amides is 1. The number of morpholine rings is 1. The molecule has 0 saturated carbocycles. The lowest BCUT2D eigenvalue weighted by Crippen LogP contribution is -2.45. The van der Waals surface area contributed by atoms with Gasteiger partial charge in [0.2, 0.25) is 0 Å². The van der Waals surface area contributed by atoms with E-state index in [9.17, 15) is 4.79 Å². The Morgan fingerprint density at radius 3 is 2.85 bits per heavy atom. The first kappa shape index (κ1) is 18.5. The van der Waals surface area contributed by atoms with Crippen molar-refractivity contribution in [1.82, 2.24) is 14.9 Å². The summed E-state index contributed by atoms with van der Waals surface area (Å²) in [6.07, 6.45) is 3.29. The standard InChI is InChI=1S/C20H25N3O3/c1-15-11-18(22-14-21-15)7-8-19-12-23(9-10-26-19)20(24)17-5-3-16(4-6-17)13-25-2/h3-6,11,14,19H,7-10,12-13H2,1-2H3/t19-/m0/s1. The van der Waals surface area contributed by atoms with Gasteiger partial charge < -0.3 is 14.4 Å². The van der Waals surface area contributed by atoms with Crippen molar-refractivity contribution in [3.8, 4) is 0 Å². The summed E-state index contributed by atoms with van der Waals surface area (Å²) < 4.78 is 11.0. The van der Waals surface area contributed by atoms with Gasteiger partial charge in [-0.05, 0) is 43.5 Å². The number of aryl methyl sites for hydroxylation is 2. The Kier molecular flexibility index (Phi) is 6.30. The number of carbonyl (C=O) groups excluding carboxylic acids is 1. The molecule has 2 aromatic rings. The third-order valence-electron chi connectivity index (χ3n) is 4.52. The highest BCUT2D eigenvalue weighted by atomic mass is 16.5. The lowest BCUT2D eigenvalue weighted by Gasteiger charge is -2.33. The first-order chi connectivity index (χ1) is 12.7. The third-order valence-corrected chi connectivity index (χ3v) is 4.52. The summed E-state index contributed by atoms with van der Waals surface area (Å²) in [6, 6.07) is 9.60. The lowest BCUT2D eigenvalue weighted by atomic mass is 10.1. The summed E-state index contributed by atoms with van der Waals surface area (Å²) in [5.74, 6) is 0.0557. The van der Waals surface area contributed by atoms with Gasteiger partial charge in [0.1, 0.15) is 6.33 Å². The van der Waals surface area contributed by atoms with Crippen LogP contribution in [0.5, 0.6) is 0 Å². The number of ether oxygens (including phenoxy) is 2. The van der Waals surface area contributed by atoms with Crippen LogP contribution in [0.3, 0.4) is 0 Å². The van der Waals surface area contributed by atoms with Crippen LogP contribution < -0.4 is 0 Å². The number of hydrogen-bond acceptors (Lipinski definition) is 5. The van der Waals surface area contributed by atoms with Crippen molar-refractivity contribution in [2.45, 2.75) is 32.5 Å². The molecule has 1 atom stereocenters. The quantitative estimate of drug-likeness (QED) is 0.796. The second-order valence-electron chi connectivity index (χ2n) is 6.56. The summed E-state index contributed by atoms with van der Waals surface area (Å²) in [4.78, 5) is 23.0. The van der Waals surface area contributed by atoms with Crippen molar-refractivity contribution in [3.05, 3.63) is 59.2 Å². The van der Waals surface area contributed by atoms with Crippen molar-refractivity contribution in [2.75, 3.05) is 26.8 Å². The smallest absolute Gasteiger partial charge is 0.254 e. The number of benzene rings is 1. The van der Waals surface area contributed by atoms with Crippen LogP contribution in [0.25, 0.3) is 0 Å². The van der Waals surface area contributed by atoms with Crippen molar-refractivity contribution in [1.29, 1.82) is 0 Å². The maximum absolute atomic E-state index is 12.8. The van der Waals surface area contributed by atoms with Gasteiger partial charge in [-0.15, -0.1) is 0 Å². The fourth-order valence-electron chi connectivity index (χ4n) is 3.13. The highest BCUT2D eigenvalue weighted by Crippen LogP contribution is 2.15. The number of nitrogens with zero attached hydrogens (tertiary/aromatic N) is 3. The van der Waals surface area contributed by atoms with Crippen molar-refractivity contribution >= 4 is 5.91 Å². The fourth-order valence-corrected chi connectivity index (χ4v) is 3.13. The van der Waals surface area contributed by atoms with Gasteiger partial charge >= 0.3 is 0 Å². The summed E-state index contributed by atoms with van der Waals surface area (Å²) in [7, 11) is 1.66. The Hall–Kier alpha value is -2.31. The molecule has 6 heteroatoms. The molecule has 3 rings (SSSR count). The zero-order chi connectivity index (χ0) is 18.4. The Balaban J connectivity index is 1.56. The van der Waals surface area contributed by atoms with E-state index in [0.29, 0.717) is 31.9 Å². The van der Waals surface area contributed by atoms with E-state index in [2.05, 4.69) is 9.97 Å². The molecule has 0 unspecified atom stereocenters. The molecule has 0 bridgehead atoms. The van der Waals surface area contributed by atoms with Gasteiger partial charge in [0.15, 0.2) is 0 Å². The zero-order valence-electron chi connectivity index (χ0n) is 15.4. The molecule has 1 amide bonds. The molecular formula is C20H25N3O3. The maximum atomic E-state index is 12.8. The molecule has 0 spiro atoms. The number of methoxy groups -OCH3 is 1. The van der Waals surface area contributed by atoms with Gasteiger partial charge in [0.25, 0.3) is 5.91 Å². The molecule has 1 aromatic heterocycles. The molecule has 1 fully saturated rings. The minimum atomic E-state index is 0.0377. The van der Waals surface area contributed by atoms with Gasteiger partial charge in [-0.25, -0.2) is 9.97 Å². The number of aromatic nitrogens is 2. The van der Waals surface area contributed by atoms with Crippen LogP contribution in [0.1, 0.15) is 33.7 Å². The summed E-state index contributed by atoms with van der Waals surface area (Å²) in [5, 5.41) is 0. The van der Waals surface area contributed by atoms with Gasteiger partial charge in [0.05, 0.1) is 19.3 Å². The maximum Gasteiger partial charge on any atom is 0.254 e. The Labute approximate surface area is 154 Å². The largest absolute Gasteiger partial charge is 0.380 e. The average molecular weight is 355 g/mol. The second kappa shape index (κ2) is 8.87. The van der Waals surface area contributed by atoms with Crippen molar-refractivity contribution in [3.63, 3.8) is 0 Å². The van der Waals surface area contributed by atoms with E-state index in [-0.39, 0.29) is 12.0 Å². The average Bonchev–Trinajstić information content (AvgIpc) is 2.67. The lowest BCUT2D eigenvalue weighted by molar-refractivity contribution is -0.0247. The Bertz CT molecular complexity index is 733. The topological polar surface area (TPSA) is 64.5 Å².